The van der Waals surface area contributed by atoms with E-state index in [1.165, 1.54) is 12.3 Å². The molecule has 98 valence electrons. The average molecular weight is 251 g/mol. The highest BCUT2D eigenvalue weighted by Crippen LogP contribution is 1.96. The predicted octanol–water partition coefficient (Wildman–Crippen LogP) is -0.563. The zero-order chi connectivity index (χ0) is 12.8. The van der Waals surface area contributed by atoms with Crippen molar-refractivity contribution in [3.63, 3.8) is 0 Å². The highest BCUT2D eigenvalue weighted by Gasteiger charge is 2.10. The Morgan fingerprint density at radius 3 is 2.94 bits per heavy atom. The molecule has 1 saturated heterocycles. The molecule has 0 aromatic carbocycles. The topological polar surface area (TPSA) is 74.4 Å². The van der Waals surface area contributed by atoms with Gasteiger partial charge in [-0.2, -0.15) is 0 Å². The second-order valence-electron chi connectivity index (χ2n) is 4.15. The summed E-state index contributed by atoms with van der Waals surface area (Å²) in [6.45, 7) is 4.69. The van der Waals surface area contributed by atoms with Gasteiger partial charge in [0.1, 0.15) is 0 Å². The van der Waals surface area contributed by atoms with Crippen molar-refractivity contribution in [2.24, 2.45) is 0 Å². The molecule has 2 heterocycles. The Balaban J connectivity index is 1.76. The van der Waals surface area contributed by atoms with Gasteiger partial charge >= 0.3 is 0 Å². The molecule has 6 nitrogen and oxygen atoms in total. The first-order valence-electron chi connectivity index (χ1n) is 6.03. The van der Waals surface area contributed by atoms with Crippen LogP contribution in [0.2, 0.25) is 0 Å². The van der Waals surface area contributed by atoms with Crippen molar-refractivity contribution in [2.45, 2.75) is 0 Å². The fourth-order valence-corrected chi connectivity index (χ4v) is 1.84. The van der Waals surface area contributed by atoms with Crippen LogP contribution in [0.4, 0.5) is 0 Å². The standard InChI is InChI=1S/C12H17N3O3/c16-11-9-10(1-2-13-11)12(17)14-3-4-15-5-7-18-8-6-15/h1-2,9H,3-8H2,(H,13,16)(H,14,17). The summed E-state index contributed by atoms with van der Waals surface area (Å²) < 4.78 is 5.24. The number of carbonyl (C=O) groups is 1. The number of pyridine rings is 1. The summed E-state index contributed by atoms with van der Waals surface area (Å²) in [5, 5.41) is 2.80. The molecule has 0 radical (unpaired) electrons. The van der Waals surface area contributed by atoms with Crippen LogP contribution in [0.3, 0.4) is 0 Å². The second-order valence-corrected chi connectivity index (χ2v) is 4.15. The monoisotopic (exact) mass is 251 g/mol. The van der Waals surface area contributed by atoms with E-state index in [1.807, 2.05) is 0 Å². The van der Waals surface area contributed by atoms with Crippen LogP contribution in [0, 0.1) is 0 Å². The fraction of sp³-hybridized carbons (Fsp3) is 0.500. The van der Waals surface area contributed by atoms with E-state index in [2.05, 4.69) is 15.2 Å². The first-order valence-corrected chi connectivity index (χ1v) is 6.03. The lowest BCUT2D eigenvalue weighted by molar-refractivity contribution is 0.0383. The van der Waals surface area contributed by atoms with Gasteiger partial charge in [0.15, 0.2) is 0 Å². The van der Waals surface area contributed by atoms with Crippen molar-refractivity contribution in [3.05, 3.63) is 34.2 Å². The van der Waals surface area contributed by atoms with Gasteiger partial charge in [0, 0.05) is 44.0 Å². The molecule has 2 N–H and O–H groups in total. The first-order chi connectivity index (χ1) is 8.75. The minimum absolute atomic E-state index is 0.214. The van der Waals surface area contributed by atoms with Gasteiger partial charge in [0.2, 0.25) is 5.56 Å². The van der Waals surface area contributed by atoms with E-state index >= 15 is 0 Å². The number of nitrogens with zero attached hydrogens (tertiary/aromatic N) is 1. The lowest BCUT2D eigenvalue weighted by atomic mass is 10.2. The van der Waals surface area contributed by atoms with Gasteiger partial charge in [0.25, 0.3) is 5.91 Å². The maximum atomic E-state index is 11.7. The number of aromatic amines is 1. The van der Waals surface area contributed by atoms with Gasteiger partial charge < -0.3 is 15.0 Å². The van der Waals surface area contributed by atoms with E-state index in [-0.39, 0.29) is 11.5 Å². The van der Waals surface area contributed by atoms with E-state index < -0.39 is 0 Å². The molecule has 0 bridgehead atoms. The third-order valence-corrected chi connectivity index (χ3v) is 2.85. The van der Waals surface area contributed by atoms with Crippen molar-refractivity contribution in [2.75, 3.05) is 39.4 Å². The number of rotatable bonds is 4. The number of morpholine rings is 1. The molecule has 0 spiro atoms. The van der Waals surface area contributed by atoms with E-state index in [1.54, 1.807) is 6.07 Å². The predicted molar refractivity (Wildman–Crippen MR) is 66.7 cm³/mol. The van der Waals surface area contributed by atoms with E-state index in [0.717, 1.165) is 32.8 Å². The van der Waals surface area contributed by atoms with Crippen molar-refractivity contribution in [3.8, 4) is 0 Å². The average Bonchev–Trinajstić information content (AvgIpc) is 2.40. The second kappa shape index (κ2) is 6.32. The van der Waals surface area contributed by atoms with Gasteiger partial charge in [-0.3, -0.25) is 14.5 Å². The molecule has 0 unspecified atom stereocenters. The quantitative estimate of drug-likeness (QED) is 0.752. The summed E-state index contributed by atoms with van der Waals surface area (Å²) >= 11 is 0. The highest BCUT2D eigenvalue weighted by atomic mass is 16.5. The minimum Gasteiger partial charge on any atom is -0.379 e. The summed E-state index contributed by atoms with van der Waals surface area (Å²) in [4.78, 5) is 27.5. The number of hydrogen-bond donors (Lipinski definition) is 2. The van der Waals surface area contributed by atoms with Gasteiger partial charge in [-0.1, -0.05) is 0 Å². The van der Waals surface area contributed by atoms with E-state index in [4.69, 9.17) is 4.74 Å². The first kappa shape index (κ1) is 12.8. The molecule has 1 fully saturated rings. The Morgan fingerprint density at radius 2 is 2.22 bits per heavy atom. The molecule has 1 aromatic rings. The molecule has 2 rings (SSSR count). The maximum Gasteiger partial charge on any atom is 0.251 e. The van der Waals surface area contributed by atoms with Crippen LogP contribution in [0.1, 0.15) is 10.4 Å². The number of H-pyrrole nitrogens is 1. The SMILES string of the molecule is O=C(NCCN1CCOCC1)c1cc[nH]c(=O)c1. The Bertz CT molecular complexity index is 452. The van der Waals surface area contributed by atoms with Gasteiger partial charge in [-0.05, 0) is 6.07 Å². The molecular formula is C12H17N3O3. The Labute approximate surface area is 105 Å². The number of ether oxygens (including phenoxy) is 1. The van der Waals surface area contributed by atoms with Crippen LogP contribution in [0.15, 0.2) is 23.1 Å². The molecule has 0 aliphatic carbocycles. The molecule has 1 aliphatic rings. The maximum absolute atomic E-state index is 11.7. The zero-order valence-corrected chi connectivity index (χ0v) is 10.1. The van der Waals surface area contributed by atoms with E-state index in [9.17, 15) is 9.59 Å². The Kier molecular flexibility index (Phi) is 4.49. The molecule has 1 amide bonds. The van der Waals surface area contributed by atoms with Crippen molar-refractivity contribution in [1.82, 2.24) is 15.2 Å². The van der Waals surface area contributed by atoms with Crippen molar-refractivity contribution < 1.29 is 9.53 Å². The molecule has 18 heavy (non-hydrogen) atoms. The zero-order valence-electron chi connectivity index (χ0n) is 10.1. The van der Waals surface area contributed by atoms with Crippen LogP contribution >= 0.6 is 0 Å². The fourth-order valence-electron chi connectivity index (χ4n) is 1.84. The number of hydrogen-bond acceptors (Lipinski definition) is 4. The summed E-state index contributed by atoms with van der Waals surface area (Å²) in [7, 11) is 0. The summed E-state index contributed by atoms with van der Waals surface area (Å²) in [5.41, 5.74) is 0.122. The molecule has 6 heteroatoms. The van der Waals surface area contributed by atoms with Crippen LogP contribution < -0.4 is 10.9 Å². The van der Waals surface area contributed by atoms with E-state index in [0.29, 0.717) is 12.1 Å². The highest BCUT2D eigenvalue weighted by molar-refractivity contribution is 5.93. The molecule has 0 saturated carbocycles. The summed E-state index contributed by atoms with van der Waals surface area (Å²) in [6.07, 6.45) is 1.47. The number of aromatic nitrogens is 1. The Hall–Kier alpha value is -1.66. The molecule has 0 atom stereocenters. The van der Waals surface area contributed by atoms with Crippen LogP contribution in [-0.4, -0.2) is 55.2 Å². The minimum atomic E-state index is -0.268. The number of carbonyl (C=O) groups excluding carboxylic acids is 1. The summed E-state index contributed by atoms with van der Waals surface area (Å²) in [6, 6.07) is 2.88. The molecular weight excluding hydrogens is 234 g/mol. The lowest BCUT2D eigenvalue weighted by Crippen LogP contribution is -2.41. The van der Waals surface area contributed by atoms with Gasteiger partial charge in [0.05, 0.1) is 13.2 Å². The lowest BCUT2D eigenvalue weighted by Gasteiger charge is -2.26. The largest absolute Gasteiger partial charge is 0.379 e. The number of amides is 1. The molecule has 1 aromatic heterocycles. The smallest absolute Gasteiger partial charge is 0.251 e. The third-order valence-electron chi connectivity index (χ3n) is 2.85. The Morgan fingerprint density at radius 1 is 1.44 bits per heavy atom. The van der Waals surface area contributed by atoms with Gasteiger partial charge in [-0.25, -0.2) is 0 Å². The molecule has 1 aliphatic heterocycles. The normalized spacial score (nSPS) is 16.4. The van der Waals surface area contributed by atoms with Crippen LogP contribution in [0.5, 0.6) is 0 Å². The van der Waals surface area contributed by atoms with Crippen molar-refractivity contribution in [1.29, 1.82) is 0 Å². The number of nitrogens with one attached hydrogen (secondary N) is 2. The van der Waals surface area contributed by atoms with Crippen LogP contribution in [-0.2, 0) is 4.74 Å². The third kappa shape index (κ3) is 3.68. The van der Waals surface area contributed by atoms with Crippen molar-refractivity contribution >= 4 is 5.91 Å². The van der Waals surface area contributed by atoms with Crippen LogP contribution in [0.25, 0.3) is 0 Å². The summed E-state index contributed by atoms with van der Waals surface area (Å²) in [5.74, 6) is -0.214. The van der Waals surface area contributed by atoms with Gasteiger partial charge in [-0.15, -0.1) is 0 Å².